The average Bonchev–Trinajstić information content (AvgIpc) is 3.79. The van der Waals surface area contributed by atoms with Crippen LogP contribution in [0.3, 0.4) is 0 Å². The first kappa shape index (κ1) is 79.0. The number of anilines is 1. The molecule has 2 aromatic carbocycles. The zero-order valence-corrected chi connectivity index (χ0v) is 77.4. The van der Waals surface area contributed by atoms with Crippen molar-refractivity contribution in [1.82, 2.24) is 25.5 Å². The second-order valence-electron chi connectivity index (χ2n) is 14.4. The monoisotopic (exact) mass is 1680 g/mol. The number of nitrogens with two attached hydrogens (primary N) is 1. The molecule has 0 bridgehead atoms. The highest BCUT2D eigenvalue weighted by Crippen LogP contribution is 3.41. The second-order valence-corrected chi connectivity index (χ2v) is 163. The van der Waals surface area contributed by atoms with E-state index < -0.39 is 21.3 Å². The van der Waals surface area contributed by atoms with E-state index in [1.165, 1.54) is 13.1 Å². The summed E-state index contributed by atoms with van der Waals surface area (Å²) in [6.45, 7) is 4.79. The van der Waals surface area contributed by atoms with Crippen molar-refractivity contribution >= 4 is 304 Å². The van der Waals surface area contributed by atoms with Crippen LogP contribution in [0.25, 0.3) is 34.3 Å². The maximum absolute atomic E-state index is 12.9. The molecule has 0 spiro atoms. The molecule has 73 heavy (non-hydrogen) atoms. The smallest absolute Gasteiger partial charge is 0.270 e. The van der Waals surface area contributed by atoms with E-state index in [1.54, 1.807) is 31.2 Å². The van der Waals surface area contributed by atoms with Gasteiger partial charge in [0.2, 0.25) is 5.89 Å². The Morgan fingerprint density at radius 2 is 1.00 bits per heavy atom. The van der Waals surface area contributed by atoms with Crippen LogP contribution in [0.1, 0.15) is 32.8 Å². The van der Waals surface area contributed by atoms with E-state index in [-0.39, 0.29) is 154 Å². The van der Waals surface area contributed by atoms with Gasteiger partial charge in [-0.25, -0.2) is 22.8 Å². The first-order valence-electron chi connectivity index (χ1n) is 20.0. The first-order valence-corrected chi connectivity index (χ1v) is 86.4. The number of nitrogen functional groups attached to an aromatic ring is 1. The Bertz CT molecular complexity index is 2330. The Morgan fingerprint density at radius 3 is 1.41 bits per heavy atom. The molecule has 3 N–H and O–H groups in total. The number of aromatic nitrogens is 4. The highest BCUT2D eigenvalue weighted by atomic mass is 33.5. The molecule has 2 heterocycles. The van der Waals surface area contributed by atoms with Crippen LogP contribution in [0.4, 0.5) is 10.2 Å². The van der Waals surface area contributed by atoms with Crippen molar-refractivity contribution in [2.24, 2.45) is 0 Å². The summed E-state index contributed by atoms with van der Waals surface area (Å²) < 4.78 is 44.0. The third-order valence-electron chi connectivity index (χ3n) is 9.00. The Labute approximate surface area is 498 Å². The lowest BCUT2D eigenvalue weighted by Crippen LogP contribution is -2.21. The maximum Gasteiger partial charge on any atom is 0.270 e. The van der Waals surface area contributed by atoms with Gasteiger partial charge in [0, 0.05) is 24.2 Å². The molecule has 0 saturated carbocycles. The first-order chi connectivity index (χ1) is 34.0. The lowest BCUT2D eigenvalue weighted by Gasteiger charge is -2.54. The molecule has 0 fully saturated rings. The van der Waals surface area contributed by atoms with Crippen LogP contribution in [-0.2, 0) is 16.4 Å². The standard InChI is InChI=1S/C26H29FN6O3S.H38P36/c1-4-17(3)37(34,35)21-11-9-19(10-12-21)22-15-30-24(28)23(31-22)26-33-32-25(36-26)20-7-5-18(6-8-20)14-29-13-16(2)27;1-20(2)29(19)34(30(21(3)4)22(5)6)36(33(27(15)16)28(17)18)35(31(23(7)8)24(9)10)32(25(11)12)26(13)14/h5-12,15-17,29H,4,13-14H2,1-3H3,(H2,28,30);1-19H2/t16-,17?;/m1./s1. The van der Waals surface area contributed by atoms with Gasteiger partial charge in [0.15, 0.2) is 21.3 Å². The molecule has 23 unspecified atom stereocenters. The van der Waals surface area contributed by atoms with Crippen LogP contribution in [0.2, 0.25) is 0 Å². The van der Waals surface area contributed by atoms with Crippen LogP contribution in [0.5, 0.6) is 0 Å². The lowest BCUT2D eigenvalue weighted by molar-refractivity contribution is 0.344. The van der Waals surface area contributed by atoms with Crippen LogP contribution in [0.15, 0.2) is 64.0 Å². The Kier molecular flexibility index (Phi) is 43.3. The molecule has 0 aliphatic carbocycles. The van der Waals surface area contributed by atoms with E-state index in [1.807, 2.05) is 31.2 Å². The third-order valence-corrected chi connectivity index (χ3v) is 254. The Hall–Kier alpha value is 11.8. The van der Waals surface area contributed by atoms with E-state index in [0.29, 0.717) is 29.8 Å². The van der Waals surface area contributed by atoms with Crippen molar-refractivity contribution in [3.05, 3.63) is 60.3 Å². The number of alkyl halides is 1. The van der Waals surface area contributed by atoms with Gasteiger partial charge in [0.1, 0.15) is 6.17 Å². The van der Waals surface area contributed by atoms with Gasteiger partial charge >= 0.3 is 0 Å². The van der Waals surface area contributed by atoms with Crippen molar-refractivity contribution in [3.8, 4) is 34.3 Å². The van der Waals surface area contributed by atoms with Crippen molar-refractivity contribution in [2.75, 3.05) is 12.3 Å². The molecule has 0 radical (unpaired) electrons. The SMILES string of the molecule is CCC(C)S(=O)(=O)c1ccc(-c2cnc(N)c(-c3nnc(-c4ccc(CNC[C@@H](C)F)cc4)o3)n2)cc1.PP(P)P(P)P(P(P(P)P)P(P)P)P(P(P(P)P)P(P)P)P(P(P(P)P)P(P)P)P(P(P)P)P(P)P. The molecule has 2 aromatic heterocycles. The van der Waals surface area contributed by atoms with Gasteiger partial charge < -0.3 is 15.5 Å². The zero-order valence-electron chi connectivity index (χ0n) is 39.4. The van der Waals surface area contributed by atoms with Crippen LogP contribution in [0, 0.1) is 0 Å². The molecule has 4 rings (SSSR count). The van der Waals surface area contributed by atoms with E-state index in [2.05, 4.69) is 195 Å². The van der Waals surface area contributed by atoms with Gasteiger partial charge in [-0.15, -0.1) is 180 Å². The third kappa shape index (κ3) is 25.0. The van der Waals surface area contributed by atoms with Crippen molar-refractivity contribution < 1.29 is 17.2 Å². The van der Waals surface area contributed by atoms with Gasteiger partial charge in [-0.05, 0) is 169 Å². The minimum Gasteiger partial charge on any atom is -0.414 e. The highest BCUT2D eigenvalue weighted by Gasteiger charge is 2.53. The van der Waals surface area contributed by atoms with Gasteiger partial charge in [-0.2, -0.15) is 0 Å². The fourth-order valence-corrected chi connectivity index (χ4v) is 484. The molecular weight excluding hydrogens is 1610 g/mol. The van der Waals surface area contributed by atoms with Crippen LogP contribution >= 0.6 is 288 Å². The molecule has 24 atom stereocenters. The largest absolute Gasteiger partial charge is 0.414 e. The van der Waals surface area contributed by atoms with E-state index in [9.17, 15) is 12.8 Å². The zero-order chi connectivity index (χ0) is 55.4. The van der Waals surface area contributed by atoms with Crippen LogP contribution in [-0.4, -0.2) is 46.5 Å². The molecule has 412 valence electrons. The summed E-state index contributed by atoms with van der Waals surface area (Å²) in [6.07, 6.45) is 1.13. The van der Waals surface area contributed by atoms with Crippen LogP contribution < -0.4 is 11.1 Å². The Balaban J connectivity index is 0.000000386. The summed E-state index contributed by atoms with van der Waals surface area (Å²) >= 11 is 0. The molecule has 0 aliphatic rings. The number of halogens is 1. The second kappa shape index (κ2) is 40.0. The summed E-state index contributed by atoms with van der Waals surface area (Å²) in [5.41, 5.74) is 9.14. The van der Waals surface area contributed by atoms with Gasteiger partial charge in [0.05, 0.1) is 22.0 Å². The fraction of sp³-hybridized carbons (Fsp3) is 0.308. The predicted molar refractivity (Wildman–Crippen MR) is 442 cm³/mol. The van der Waals surface area contributed by atoms with E-state index >= 15 is 0 Å². The molecule has 9 nitrogen and oxygen atoms in total. The molecular formula is C26H67FN6O3P36S. The summed E-state index contributed by atoms with van der Waals surface area (Å²) in [5, 5.41) is 10.8. The molecule has 0 saturated heterocycles. The maximum atomic E-state index is 12.9. The predicted octanol–water partition coefficient (Wildman–Crippen LogP) is 25.3. The molecule has 4 aromatic rings. The highest BCUT2D eigenvalue weighted by molar-refractivity contribution is 9.47. The lowest BCUT2D eigenvalue weighted by atomic mass is 10.1. The van der Waals surface area contributed by atoms with E-state index in [4.69, 9.17) is 10.2 Å². The molecule has 0 amide bonds. The van der Waals surface area contributed by atoms with E-state index in [0.717, 1.165) is 5.56 Å². The van der Waals surface area contributed by atoms with Gasteiger partial charge in [-0.3, -0.25) is 0 Å². The number of nitrogens with zero attached hydrogens (tertiary/aromatic N) is 4. The minimum absolute atomic E-state index is 0.0106. The minimum atomic E-state index is -3.39. The quantitative estimate of drug-likeness (QED) is 0.0589. The summed E-state index contributed by atoms with van der Waals surface area (Å²) in [5.74, 6) is 0.525. The fourth-order valence-electron chi connectivity index (χ4n) is 5.55. The summed E-state index contributed by atoms with van der Waals surface area (Å²) in [6, 6.07) is 14.0. The molecule has 47 heteroatoms. The number of benzene rings is 2. The number of hydrogen-bond donors (Lipinski definition) is 2. The number of nitrogens with one attached hydrogen (secondary N) is 1. The number of sulfone groups is 1. The Morgan fingerprint density at radius 1 is 0.589 bits per heavy atom. The van der Waals surface area contributed by atoms with Gasteiger partial charge in [0.25, 0.3) is 5.89 Å². The van der Waals surface area contributed by atoms with Crippen molar-refractivity contribution in [2.45, 2.75) is 50.1 Å². The van der Waals surface area contributed by atoms with Gasteiger partial charge in [-0.1, -0.05) is 31.2 Å². The summed E-state index contributed by atoms with van der Waals surface area (Å²) in [7, 11) is 60.3. The summed E-state index contributed by atoms with van der Waals surface area (Å²) in [4.78, 5) is 9.03. The topological polar surface area (TPSA) is 137 Å². The number of rotatable bonds is 26. The normalized spacial score (nSPS) is 15.0. The van der Waals surface area contributed by atoms with Crippen molar-refractivity contribution in [3.63, 3.8) is 0 Å². The molecule has 0 aliphatic heterocycles. The van der Waals surface area contributed by atoms with Crippen molar-refractivity contribution in [1.29, 1.82) is 0 Å². The number of hydrogen-bond acceptors (Lipinski definition) is 9. The average molecular weight is 1680 g/mol.